The highest BCUT2D eigenvalue weighted by Gasteiger charge is 2.41. The SMILES string of the molecule is CCNC(c1ccc(C)cc1)C1(OCC)CCOCC1. The lowest BCUT2D eigenvalue weighted by molar-refractivity contribution is -0.127. The Bertz CT molecular complexity index is 390. The zero-order valence-electron chi connectivity index (χ0n) is 12.9. The third-order valence-electron chi connectivity index (χ3n) is 4.12. The number of rotatable bonds is 6. The number of nitrogens with one attached hydrogen (secondary N) is 1. The lowest BCUT2D eigenvalue weighted by Gasteiger charge is -2.43. The van der Waals surface area contributed by atoms with Crippen LogP contribution in [0.4, 0.5) is 0 Å². The summed E-state index contributed by atoms with van der Waals surface area (Å²) in [6, 6.07) is 9.03. The van der Waals surface area contributed by atoms with Crippen molar-refractivity contribution in [2.45, 2.75) is 45.3 Å². The van der Waals surface area contributed by atoms with Gasteiger partial charge in [0.1, 0.15) is 0 Å². The molecule has 1 aliphatic rings. The summed E-state index contributed by atoms with van der Waals surface area (Å²) in [6.07, 6.45) is 1.90. The summed E-state index contributed by atoms with van der Waals surface area (Å²) in [5.41, 5.74) is 2.47. The Balaban J connectivity index is 2.30. The van der Waals surface area contributed by atoms with Crippen molar-refractivity contribution in [1.29, 1.82) is 0 Å². The number of hydrogen-bond acceptors (Lipinski definition) is 3. The maximum Gasteiger partial charge on any atom is 0.0919 e. The van der Waals surface area contributed by atoms with Gasteiger partial charge in [0.15, 0.2) is 0 Å². The van der Waals surface area contributed by atoms with E-state index in [9.17, 15) is 0 Å². The van der Waals surface area contributed by atoms with E-state index in [0.29, 0.717) is 0 Å². The molecule has 1 heterocycles. The maximum absolute atomic E-state index is 6.23. The van der Waals surface area contributed by atoms with Gasteiger partial charge in [0.25, 0.3) is 0 Å². The van der Waals surface area contributed by atoms with Crippen molar-refractivity contribution < 1.29 is 9.47 Å². The minimum absolute atomic E-state index is 0.141. The highest BCUT2D eigenvalue weighted by molar-refractivity contribution is 5.27. The van der Waals surface area contributed by atoms with Gasteiger partial charge in [0.05, 0.1) is 11.6 Å². The average Bonchev–Trinajstić information content (AvgIpc) is 2.47. The van der Waals surface area contributed by atoms with Gasteiger partial charge in [-0.15, -0.1) is 0 Å². The predicted octanol–water partition coefficient (Wildman–Crippen LogP) is 3.23. The Labute approximate surface area is 122 Å². The molecule has 3 nitrogen and oxygen atoms in total. The molecule has 0 radical (unpaired) electrons. The van der Waals surface area contributed by atoms with E-state index >= 15 is 0 Å². The normalized spacial score (nSPS) is 19.8. The van der Waals surface area contributed by atoms with Crippen molar-refractivity contribution in [1.82, 2.24) is 5.32 Å². The van der Waals surface area contributed by atoms with Gasteiger partial charge in [-0.05, 0) is 26.0 Å². The van der Waals surface area contributed by atoms with E-state index in [1.807, 2.05) is 0 Å². The highest BCUT2D eigenvalue weighted by atomic mass is 16.5. The van der Waals surface area contributed by atoms with E-state index in [2.05, 4.69) is 50.4 Å². The van der Waals surface area contributed by atoms with E-state index in [0.717, 1.165) is 39.2 Å². The first-order valence-corrected chi connectivity index (χ1v) is 7.73. The van der Waals surface area contributed by atoms with Crippen molar-refractivity contribution in [2.24, 2.45) is 0 Å². The van der Waals surface area contributed by atoms with Gasteiger partial charge in [-0.3, -0.25) is 0 Å². The summed E-state index contributed by atoms with van der Waals surface area (Å²) < 4.78 is 11.8. The molecule has 0 amide bonds. The number of benzene rings is 1. The summed E-state index contributed by atoms with van der Waals surface area (Å²) in [6.45, 7) is 9.61. The van der Waals surface area contributed by atoms with Crippen molar-refractivity contribution in [3.8, 4) is 0 Å². The molecule has 112 valence electrons. The lowest BCUT2D eigenvalue weighted by Crippen LogP contribution is -2.50. The number of ether oxygens (including phenoxy) is 2. The molecule has 0 saturated carbocycles. The average molecular weight is 277 g/mol. The second-order valence-corrected chi connectivity index (χ2v) is 5.51. The van der Waals surface area contributed by atoms with Crippen LogP contribution in [0.5, 0.6) is 0 Å². The Morgan fingerprint density at radius 3 is 2.40 bits per heavy atom. The second-order valence-electron chi connectivity index (χ2n) is 5.51. The van der Waals surface area contributed by atoms with Crippen LogP contribution in [0, 0.1) is 6.92 Å². The predicted molar refractivity (Wildman–Crippen MR) is 82.0 cm³/mol. The molecular formula is C17H27NO2. The molecule has 1 aliphatic heterocycles. The van der Waals surface area contributed by atoms with Gasteiger partial charge in [-0.2, -0.15) is 0 Å². The third kappa shape index (κ3) is 3.40. The number of likely N-dealkylation sites (N-methyl/N-ethyl adjacent to an activating group) is 1. The lowest BCUT2D eigenvalue weighted by atomic mass is 9.81. The minimum Gasteiger partial charge on any atom is -0.381 e. The molecule has 0 spiro atoms. The molecular weight excluding hydrogens is 250 g/mol. The number of aryl methyl sites for hydroxylation is 1. The molecule has 1 saturated heterocycles. The fourth-order valence-corrected chi connectivity index (χ4v) is 3.09. The molecule has 0 aliphatic carbocycles. The van der Waals surface area contributed by atoms with Crippen LogP contribution < -0.4 is 5.32 Å². The van der Waals surface area contributed by atoms with Crippen LogP contribution in [0.3, 0.4) is 0 Å². The summed E-state index contributed by atoms with van der Waals surface area (Å²) >= 11 is 0. The highest BCUT2D eigenvalue weighted by Crippen LogP contribution is 2.37. The standard InChI is InChI=1S/C17H27NO2/c1-4-18-16(15-8-6-14(3)7-9-15)17(20-5-2)10-12-19-13-11-17/h6-9,16,18H,4-5,10-13H2,1-3H3. The van der Waals surface area contributed by atoms with Crippen LogP contribution in [0.15, 0.2) is 24.3 Å². The van der Waals surface area contributed by atoms with Gasteiger partial charge in [0, 0.05) is 32.7 Å². The van der Waals surface area contributed by atoms with Crippen LogP contribution in [-0.2, 0) is 9.47 Å². The topological polar surface area (TPSA) is 30.5 Å². The summed E-state index contributed by atoms with van der Waals surface area (Å²) in [4.78, 5) is 0. The molecule has 1 fully saturated rings. The Kier molecular flexibility index (Phi) is 5.58. The molecule has 3 heteroatoms. The molecule has 20 heavy (non-hydrogen) atoms. The van der Waals surface area contributed by atoms with Crippen LogP contribution >= 0.6 is 0 Å². The van der Waals surface area contributed by atoms with E-state index in [1.54, 1.807) is 0 Å². The summed E-state index contributed by atoms with van der Waals surface area (Å²) in [5.74, 6) is 0. The third-order valence-corrected chi connectivity index (χ3v) is 4.12. The van der Waals surface area contributed by atoms with Crippen molar-refractivity contribution in [3.63, 3.8) is 0 Å². The molecule has 1 aromatic carbocycles. The number of hydrogen-bond donors (Lipinski definition) is 1. The van der Waals surface area contributed by atoms with E-state index in [-0.39, 0.29) is 11.6 Å². The zero-order valence-corrected chi connectivity index (χ0v) is 12.9. The fraction of sp³-hybridized carbons (Fsp3) is 0.647. The van der Waals surface area contributed by atoms with Crippen LogP contribution in [0.2, 0.25) is 0 Å². The van der Waals surface area contributed by atoms with Crippen molar-refractivity contribution >= 4 is 0 Å². The summed E-state index contributed by atoms with van der Waals surface area (Å²) in [5, 5.41) is 3.63. The van der Waals surface area contributed by atoms with Gasteiger partial charge >= 0.3 is 0 Å². The Hall–Kier alpha value is -0.900. The Morgan fingerprint density at radius 2 is 1.85 bits per heavy atom. The molecule has 0 bridgehead atoms. The fourth-order valence-electron chi connectivity index (χ4n) is 3.09. The smallest absolute Gasteiger partial charge is 0.0919 e. The van der Waals surface area contributed by atoms with Gasteiger partial charge < -0.3 is 14.8 Å². The molecule has 1 unspecified atom stereocenters. The first-order valence-electron chi connectivity index (χ1n) is 7.73. The van der Waals surface area contributed by atoms with Gasteiger partial charge in [0.2, 0.25) is 0 Å². The van der Waals surface area contributed by atoms with E-state index in [1.165, 1.54) is 11.1 Å². The first-order chi connectivity index (χ1) is 9.72. The van der Waals surface area contributed by atoms with Gasteiger partial charge in [-0.25, -0.2) is 0 Å². The van der Waals surface area contributed by atoms with Crippen molar-refractivity contribution in [3.05, 3.63) is 35.4 Å². The van der Waals surface area contributed by atoms with Gasteiger partial charge in [-0.1, -0.05) is 36.8 Å². The van der Waals surface area contributed by atoms with Crippen LogP contribution in [0.1, 0.15) is 43.9 Å². The molecule has 2 rings (SSSR count). The monoisotopic (exact) mass is 277 g/mol. The van der Waals surface area contributed by atoms with Crippen LogP contribution in [-0.4, -0.2) is 32.0 Å². The molecule has 1 aromatic rings. The quantitative estimate of drug-likeness (QED) is 0.866. The van der Waals surface area contributed by atoms with Crippen LogP contribution in [0.25, 0.3) is 0 Å². The second kappa shape index (κ2) is 7.21. The molecule has 1 N–H and O–H groups in total. The Morgan fingerprint density at radius 1 is 1.20 bits per heavy atom. The van der Waals surface area contributed by atoms with E-state index in [4.69, 9.17) is 9.47 Å². The molecule has 0 aromatic heterocycles. The summed E-state index contributed by atoms with van der Waals surface area (Å²) in [7, 11) is 0. The largest absolute Gasteiger partial charge is 0.381 e. The zero-order chi connectivity index (χ0) is 14.4. The van der Waals surface area contributed by atoms with E-state index < -0.39 is 0 Å². The first kappa shape index (κ1) is 15.5. The molecule has 1 atom stereocenters. The minimum atomic E-state index is -0.141. The van der Waals surface area contributed by atoms with Crippen molar-refractivity contribution in [2.75, 3.05) is 26.4 Å². The maximum atomic E-state index is 6.23.